The van der Waals surface area contributed by atoms with E-state index in [0.29, 0.717) is 0 Å². The molecular weight excluding hydrogens is 266 g/mol. The normalized spacial score (nSPS) is 11.0. The highest BCUT2D eigenvalue weighted by atomic mass is 32.1. The molecule has 0 atom stereocenters. The Kier molecular flexibility index (Phi) is 5.03. The van der Waals surface area contributed by atoms with Gasteiger partial charge in [0.1, 0.15) is 0 Å². The highest BCUT2D eigenvalue weighted by Crippen LogP contribution is 2.08. The van der Waals surface area contributed by atoms with Crippen LogP contribution in [0.1, 0.15) is 16.7 Å². The van der Waals surface area contributed by atoms with Crippen molar-refractivity contribution in [3.8, 4) is 0 Å². The summed E-state index contributed by atoms with van der Waals surface area (Å²) in [6.07, 6.45) is 5.82. The fourth-order valence-corrected chi connectivity index (χ4v) is 1.67. The second-order valence-electron chi connectivity index (χ2n) is 4.14. The van der Waals surface area contributed by atoms with Gasteiger partial charge in [0.05, 0.1) is 6.21 Å². The van der Waals surface area contributed by atoms with Crippen LogP contribution < -0.4 is 11.2 Å². The molecule has 0 aliphatic carbocycles. The molecule has 0 heterocycles. The van der Waals surface area contributed by atoms with Crippen LogP contribution in [0.5, 0.6) is 0 Å². The molecule has 20 heavy (non-hydrogen) atoms. The third-order valence-electron chi connectivity index (χ3n) is 2.59. The summed E-state index contributed by atoms with van der Waals surface area (Å²) in [5.41, 5.74) is 11.1. The van der Waals surface area contributed by atoms with E-state index in [1.54, 1.807) is 6.21 Å². The average molecular weight is 281 g/mol. The van der Waals surface area contributed by atoms with Gasteiger partial charge in [0.25, 0.3) is 0 Å². The number of hydrazone groups is 1. The van der Waals surface area contributed by atoms with Crippen LogP contribution in [0.25, 0.3) is 12.2 Å². The zero-order valence-corrected chi connectivity index (χ0v) is 11.7. The van der Waals surface area contributed by atoms with Crippen molar-refractivity contribution in [3.63, 3.8) is 0 Å². The summed E-state index contributed by atoms with van der Waals surface area (Å²) in [5, 5.41) is 4.06. The summed E-state index contributed by atoms with van der Waals surface area (Å²) in [6.45, 7) is 0. The van der Waals surface area contributed by atoms with Gasteiger partial charge in [0, 0.05) is 0 Å². The van der Waals surface area contributed by atoms with Crippen LogP contribution in [0, 0.1) is 0 Å². The smallest absolute Gasteiger partial charge is 0.184 e. The Balaban J connectivity index is 2.00. The molecular formula is C16H15N3S. The molecule has 0 radical (unpaired) electrons. The number of nitrogens with one attached hydrogen (secondary N) is 1. The standard InChI is InChI=1S/C16H15N3S/c17-16(20)19-18-12-15-10-8-14(9-11-15)7-6-13-4-2-1-3-5-13/h1-12H,(H3,17,19,20)/b7-6+,18-12+. The molecule has 0 saturated carbocycles. The van der Waals surface area contributed by atoms with Gasteiger partial charge in [0.2, 0.25) is 0 Å². The van der Waals surface area contributed by atoms with E-state index in [-0.39, 0.29) is 5.11 Å². The predicted molar refractivity (Wildman–Crippen MR) is 89.3 cm³/mol. The zero-order chi connectivity index (χ0) is 14.2. The Hall–Kier alpha value is -2.46. The summed E-state index contributed by atoms with van der Waals surface area (Å²) < 4.78 is 0. The van der Waals surface area contributed by atoms with Crippen LogP contribution >= 0.6 is 12.2 Å². The maximum absolute atomic E-state index is 5.27. The molecule has 0 aliphatic heterocycles. The lowest BCUT2D eigenvalue weighted by molar-refractivity contribution is 1.04. The lowest BCUT2D eigenvalue weighted by Gasteiger charge is -1.97. The molecule has 0 saturated heterocycles. The number of thiocarbonyl (C=S) groups is 1. The minimum Gasteiger partial charge on any atom is -0.375 e. The quantitative estimate of drug-likeness (QED) is 0.392. The molecule has 3 N–H and O–H groups in total. The Morgan fingerprint density at radius 1 is 0.900 bits per heavy atom. The molecule has 0 amide bonds. The van der Waals surface area contributed by atoms with Crippen LogP contribution in [0.4, 0.5) is 0 Å². The molecule has 2 rings (SSSR count). The summed E-state index contributed by atoms with van der Waals surface area (Å²) in [7, 11) is 0. The van der Waals surface area contributed by atoms with Crippen molar-refractivity contribution in [1.82, 2.24) is 5.43 Å². The molecule has 2 aromatic rings. The van der Waals surface area contributed by atoms with Crippen LogP contribution in [0.15, 0.2) is 59.7 Å². The summed E-state index contributed by atoms with van der Waals surface area (Å²) >= 11 is 4.66. The maximum Gasteiger partial charge on any atom is 0.184 e. The second kappa shape index (κ2) is 7.21. The topological polar surface area (TPSA) is 50.4 Å². The summed E-state index contributed by atoms with van der Waals surface area (Å²) in [6, 6.07) is 18.2. The highest BCUT2D eigenvalue weighted by Gasteiger charge is 1.90. The number of hydrogen-bond donors (Lipinski definition) is 2. The van der Waals surface area contributed by atoms with E-state index in [1.165, 1.54) is 5.56 Å². The highest BCUT2D eigenvalue weighted by molar-refractivity contribution is 7.80. The first-order valence-corrected chi connectivity index (χ1v) is 6.56. The molecule has 2 aromatic carbocycles. The maximum atomic E-state index is 5.27. The van der Waals surface area contributed by atoms with Crippen molar-refractivity contribution >= 4 is 35.7 Å². The van der Waals surface area contributed by atoms with Gasteiger partial charge in [-0.2, -0.15) is 5.10 Å². The van der Waals surface area contributed by atoms with Crippen molar-refractivity contribution < 1.29 is 0 Å². The first kappa shape index (κ1) is 14.0. The average Bonchev–Trinajstić information content (AvgIpc) is 2.47. The Labute approximate surface area is 123 Å². The van der Waals surface area contributed by atoms with E-state index in [9.17, 15) is 0 Å². The van der Waals surface area contributed by atoms with Gasteiger partial charge >= 0.3 is 0 Å². The van der Waals surface area contributed by atoms with E-state index in [1.807, 2.05) is 42.5 Å². The van der Waals surface area contributed by atoms with Crippen molar-refractivity contribution in [2.45, 2.75) is 0 Å². The van der Waals surface area contributed by atoms with E-state index in [0.717, 1.165) is 11.1 Å². The van der Waals surface area contributed by atoms with Crippen molar-refractivity contribution in [3.05, 3.63) is 71.3 Å². The number of nitrogens with zero attached hydrogens (tertiary/aromatic N) is 1. The number of nitrogens with two attached hydrogens (primary N) is 1. The van der Waals surface area contributed by atoms with Crippen molar-refractivity contribution in [1.29, 1.82) is 0 Å². The van der Waals surface area contributed by atoms with Gasteiger partial charge in [0.15, 0.2) is 5.11 Å². The number of rotatable bonds is 4. The van der Waals surface area contributed by atoms with Gasteiger partial charge in [-0.15, -0.1) is 0 Å². The largest absolute Gasteiger partial charge is 0.375 e. The minimum absolute atomic E-state index is 0.156. The Bertz CT molecular complexity index is 616. The molecule has 0 unspecified atom stereocenters. The van der Waals surface area contributed by atoms with Gasteiger partial charge in [-0.3, -0.25) is 5.43 Å². The van der Waals surface area contributed by atoms with Gasteiger partial charge < -0.3 is 5.73 Å². The Morgan fingerprint density at radius 3 is 2.05 bits per heavy atom. The lowest BCUT2D eigenvalue weighted by Crippen LogP contribution is -2.23. The third-order valence-corrected chi connectivity index (χ3v) is 2.68. The molecule has 3 nitrogen and oxygen atoms in total. The molecule has 0 aliphatic rings. The molecule has 4 heteroatoms. The lowest BCUT2D eigenvalue weighted by atomic mass is 10.1. The zero-order valence-electron chi connectivity index (χ0n) is 10.9. The molecule has 0 bridgehead atoms. The minimum atomic E-state index is 0.156. The summed E-state index contributed by atoms with van der Waals surface area (Å²) in [4.78, 5) is 0. The fraction of sp³-hybridized carbons (Fsp3) is 0. The SMILES string of the molecule is NC(=S)N/N=C/c1ccc(/C=C/c2ccccc2)cc1. The van der Waals surface area contributed by atoms with Crippen LogP contribution in [0.2, 0.25) is 0 Å². The van der Waals surface area contributed by atoms with E-state index in [2.05, 4.69) is 47.0 Å². The number of hydrogen-bond acceptors (Lipinski definition) is 2. The van der Waals surface area contributed by atoms with Crippen LogP contribution in [-0.4, -0.2) is 11.3 Å². The van der Waals surface area contributed by atoms with Crippen molar-refractivity contribution in [2.75, 3.05) is 0 Å². The second-order valence-corrected chi connectivity index (χ2v) is 4.58. The molecule has 0 spiro atoms. The molecule has 0 fully saturated rings. The van der Waals surface area contributed by atoms with Gasteiger partial charge in [-0.05, 0) is 28.9 Å². The predicted octanol–water partition coefficient (Wildman–Crippen LogP) is 3.02. The molecule has 100 valence electrons. The van der Waals surface area contributed by atoms with Gasteiger partial charge in [-0.25, -0.2) is 0 Å². The first-order chi connectivity index (χ1) is 9.74. The third kappa shape index (κ3) is 4.66. The molecule has 0 aromatic heterocycles. The first-order valence-electron chi connectivity index (χ1n) is 6.16. The van der Waals surface area contributed by atoms with E-state index < -0.39 is 0 Å². The Morgan fingerprint density at radius 2 is 1.45 bits per heavy atom. The monoisotopic (exact) mass is 281 g/mol. The van der Waals surface area contributed by atoms with E-state index in [4.69, 9.17) is 5.73 Å². The number of benzene rings is 2. The van der Waals surface area contributed by atoms with Crippen LogP contribution in [-0.2, 0) is 0 Å². The van der Waals surface area contributed by atoms with Gasteiger partial charge in [-0.1, -0.05) is 66.7 Å². The van der Waals surface area contributed by atoms with E-state index >= 15 is 0 Å². The van der Waals surface area contributed by atoms with Crippen molar-refractivity contribution in [2.24, 2.45) is 10.8 Å². The fourth-order valence-electron chi connectivity index (χ4n) is 1.62. The van der Waals surface area contributed by atoms with Crippen LogP contribution in [0.3, 0.4) is 0 Å². The summed E-state index contributed by atoms with van der Waals surface area (Å²) in [5.74, 6) is 0.